The first-order chi connectivity index (χ1) is 5.74. The number of hydrogen-bond donors (Lipinski definition) is 0. The summed E-state index contributed by atoms with van der Waals surface area (Å²) in [5.74, 6) is -0.846. The highest BCUT2D eigenvalue weighted by molar-refractivity contribution is 9.09. The van der Waals surface area contributed by atoms with Crippen molar-refractivity contribution >= 4 is 25.7 Å². The van der Waals surface area contributed by atoms with Crippen LogP contribution in [0.2, 0.25) is 6.04 Å². The Balaban J connectivity index is 3.76. The Bertz CT molecular complexity index is 101. The molecule has 0 amide bonds. The van der Waals surface area contributed by atoms with Crippen LogP contribution in [0.25, 0.3) is 0 Å². The van der Waals surface area contributed by atoms with Crippen LogP contribution in [-0.2, 0) is 13.9 Å². The molecule has 0 saturated heterocycles. The molecule has 0 aromatic heterocycles. The minimum absolute atomic E-state index is 0.506. The lowest BCUT2D eigenvalue weighted by Crippen LogP contribution is -2.40. The SMILES string of the molecule is CCC[SiH2]OC(CBr)(OC)OC. The molecule has 0 radical (unpaired) electrons. The van der Waals surface area contributed by atoms with Crippen LogP contribution in [0.5, 0.6) is 0 Å². The van der Waals surface area contributed by atoms with Crippen molar-refractivity contribution in [1.82, 2.24) is 0 Å². The fourth-order valence-corrected chi connectivity index (χ4v) is 2.72. The lowest BCUT2D eigenvalue weighted by atomic mass is 10.6. The number of alkyl halides is 1. The van der Waals surface area contributed by atoms with Gasteiger partial charge in [0.25, 0.3) is 5.97 Å². The van der Waals surface area contributed by atoms with Crippen molar-refractivity contribution in [2.45, 2.75) is 25.4 Å². The molecule has 0 N–H and O–H groups in total. The number of hydrogen-bond acceptors (Lipinski definition) is 3. The monoisotopic (exact) mass is 256 g/mol. The van der Waals surface area contributed by atoms with E-state index in [1.54, 1.807) is 14.2 Å². The van der Waals surface area contributed by atoms with Crippen LogP contribution >= 0.6 is 15.9 Å². The van der Waals surface area contributed by atoms with E-state index in [9.17, 15) is 0 Å². The predicted molar refractivity (Wildman–Crippen MR) is 55.3 cm³/mol. The molecule has 0 aliphatic carbocycles. The van der Waals surface area contributed by atoms with E-state index in [-0.39, 0.29) is 0 Å². The largest absolute Gasteiger partial charge is 0.376 e. The van der Waals surface area contributed by atoms with Crippen LogP contribution in [0.4, 0.5) is 0 Å². The van der Waals surface area contributed by atoms with E-state index in [4.69, 9.17) is 13.9 Å². The Kier molecular flexibility index (Phi) is 7.36. The summed E-state index contributed by atoms with van der Waals surface area (Å²) in [6.07, 6.45) is 1.16. The van der Waals surface area contributed by atoms with Gasteiger partial charge in [-0.1, -0.05) is 29.3 Å². The van der Waals surface area contributed by atoms with Gasteiger partial charge in [-0.2, -0.15) is 0 Å². The molecule has 0 aliphatic rings. The minimum atomic E-state index is -0.846. The van der Waals surface area contributed by atoms with Gasteiger partial charge in [-0.25, -0.2) is 0 Å². The molecular formula is C7H17BrO3Si. The van der Waals surface area contributed by atoms with Crippen LogP contribution in [0.3, 0.4) is 0 Å². The van der Waals surface area contributed by atoms with Crippen LogP contribution in [-0.4, -0.2) is 35.3 Å². The van der Waals surface area contributed by atoms with E-state index in [1.807, 2.05) is 0 Å². The molecule has 0 aromatic rings. The first-order valence-corrected chi connectivity index (χ1v) is 6.74. The molecule has 0 saturated carbocycles. The Morgan fingerprint density at radius 3 is 2.25 bits per heavy atom. The molecule has 0 atom stereocenters. The summed E-state index contributed by atoms with van der Waals surface area (Å²) in [6.45, 7) is 2.14. The molecule has 0 bridgehead atoms. The van der Waals surface area contributed by atoms with Crippen molar-refractivity contribution < 1.29 is 13.9 Å². The maximum atomic E-state index is 5.57. The van der Waals surface area contributed by atoms with E-state index < -0.39 is 15.7 Å². The van der Waals surface area contributed by atoms with Gasteiger partial charge in [-0.05, 0) is 6.04 Å². The number of methoxy groups -OCH3 is 2. The molecule has 74 valence electrons. The zero-order chi connectivity index (χ0) is 9.45. The second kappa shape index (κ2) is 7.03. The summed E-state index contributed by atoms with van der Waals surface area (Å²) in [6, 6.07) is 1.15. The highest BCUT2D eigenvalue weighted by atomic mass is 79.9. The molecule has 0 rings (SSSR count). The molecule has 0 spiro atoms. The summed E-state index contributed by atoms with van der Waals surface area (Å²) >= 11 is 3.29. The molecule has 0 aliphatic heterocycles. The van der Waals surface area contributed by atoms with Gasteiger partial charge in [-0.15, -0.1) is 0 Å². The smallest absolute Gasteiger partial charge is 0.282 e. The first kappa shape index (κ1) is 12.6. The van der Waals surface area contributed by atoms with Gasteiger partial charge in [0.15, 0.2) is 9.76 Å². The second-order valence-electron chi connectivity index (χ2n) is 2.43. The molecule has 3 nitrogen and oxygen atoms in total. The summed E-state index contributed by atoms with van der Waals surface area (Å²) < 4.78 is 15.8. The Morgan fingerprint density at radius 2 is 1.92 bits per heavy atom. The summed E-state index contributed by atoms with van der Waals surface area (Å²) in [4.78, 5) is 0. The third-order valence-corrected chi connectivity index (χ3v) is 3.93. The quantitative estimate of drug-likeness (QED) is 0.297. The Labute approximate surface area is 84.8 Å². The van der Waals surface area contributed by atoms with Gasteiger partial charge in [-0.3, -0.25) is 0 Å². The van der Waals surface area contributed by atoms with Crippen molar-refractivity contribution in [2.24, 2.45) is 0 Å². The van der Waals surface area contributed by atoms with E-state index in [2.05, 4.69) is 22.9 Å². The molecular weight excluding hydrogens is 240 g/mol. The number of halogens is 1. The van der Waals surface area contributed by atoms with E-state index in [0.717, 1.165) is 12.5 Å². The maximum Gasteiger partial charge on any atom is 0.282 e. The zero-order valence-electron chi connectivity index (χ0n) is 7.93. The lowest BCUT2D eigenvalue weighted by Gasteiger charge is -2.28. The average Bonchev–Trinajstić information content (AvgIpc) is 2.14. The molecule has 12 heavy (non-hydrogen) atoms. The summed E-state index contributed by atoms with van der Waals surface area (Å²) in [7, 11) is 2.67. The van der Waals surface area contributed by atoms with Gasteiger partial charge in [0.1, 0.15) is 0 Å². The minimum Gasteiger partial charge on any atom is -0.376 e. The highest BCUT2D eigenvalue weighted by Crippen LogP contribution is 2.16. The van der Waals surface area contributed by atoms with Crippen LogP contribution in [0.1, 0.15) is 13.3 Å². The van der Waals surface area contributed by atoms with Gasteiger partial charge in [0.05, 0.1) is 5.33 Å². The highest BCUT2D eigenvalue weighted by Gasteiger charge is 2.28. The van der Waals surface area contributed by atoms with Gasteiger partial charge in [0.2, 0.25) is 0 Å². The van der Waals surface area contributed by atoms with Crippen molar-refractivity contribution in [3.8, 4) is 0 Å². The Morgan fingerprint density at radius 1 is 1.33 bits per heavy atom. The van der Waals surface area contributed by atoms with Crippen LogP contribution in [0, 0.1) is 0 Å². The average molecular weight is 257 g/mol. The van der Waals surface area contributed by atoms with Gasteiger partial charge in [0, 0.05) is 14.2 Å². The van der Waals surface area contributed by atoms with E-state index >= 15 is 0 Å². The second-order valence-corrected chi connectivity index (χ2v) is 4.39. The zero-order valence-corrected chi connectivity index (χ0v) is 10.9. The molecule has 0 aromatic carbocycles. The third-order valence-electron chi connectivity index (χ3n) is 1.61. The van der Waals surface area contributed by atoms with Gasteiger partial charge >= 0.3 is 0 Å². The van der Waals surface area contributed by atoms with Gasteiger partial charge < -0.3 is 13.9 Å². The Hall–Kier alpha value is 0.577. The first-order valence-electron chi connectivity index (χ1n) is 4.05. The van der Waals surface area contributed by atoms with E-state index in [0.29, 0.717) is 5.33 Å². The topological polar surface area (TPSA) is 27.7 Å². The van der Waals surface area contributed by atoms with Crippen molar-refractivity contribution in [3.63, 3.8) is 0 Å². The molecule has 0 heterocycles. The third kappa shape index (κ3) is 4.00. The van der Waals surface area contributed by atoms with Crippen molar-refractivity contribution in [3.05, 3.63) is 0 Å². The van der Waals surface area contributed by atoms with E-state index in [1.165, 1.54) is 0 Å². The van der Waals surface area contributed by atoms with Crippen molar-refractivity contribution in [2.75, 3.05) is 19.5 Å². The summed E-state index contributed by atoms with van der Waals surface area (Å²) in [5, 5.41) is 0.545. The number of rotatable bonds is 7. The fraction of sp³-hybridized carbons (Fsp3) is 1.00. The standard InChI is InChI=1S/C7H17BrO3Si/c1-4-5-12-11-7(6-8,9-2)10-3/h4-6,12H2,1-3H3. The maximum absolute atomic E-state index is 5.57. The van der Waals surface area contributed by atoms with Crippen molar-refractivity contribution in [1.29, 1.82) is 0 Å². The molecule has 0 fully saturated rings. The molecule has 0 unspecified atom stereocenters. The summed E-state index contributed by atoms with van der Waals surface area (Å²) in [5.41, 5.74) is 0. The fourth-order valence-electron chi connectivity index (χ4n) is 0.721. The predicted octanol–water partition coefficient (Wildman–Crippen LogP) is 1.26. The van der Waals surface area contributed by atoms with Crippen LogP contribution < -0.4 is 0 Å². The van der Waals surface area contributed by atoms with Crippen LogP contribution in [0.15, 0.2) is 0 Å². The number of ether oxygens (including phenoxy) is 2. The lowest BCUT2D eigenvalue weighted by molar-refractivity contribution is -0.306. The normalized spacial score (nSPS) is 13.0. The molecule has 5 heteroatoms.